The van der Waals surface area contributed by atoms with E-state index in [1.807, 2.05) is 59.5 Å². The number of carbonyl (C=O) groups excluding carboxylic acids is 1. The van der Waals surface area contributed by atoms with Crippen molar-refractivity contribution in [2.45, 2.75) is 6.54 Å². The van der Waals surface area contributed by atoms with Crippen LogP contribution in [0, 0.1) is 0 Å². The molecule has 1 heterocycles. The van der Waals surface area contributed by atoms with E-state index < -0.39 is 0 Å². The summed E-state index contributed by atoms with van der Waals surface area (Å²) in [5.41, 5.74) is 1.74. The third-order valence-electron chi connectivity index (χ3n) is 2.24. The molecule has 74 valence electrons. The van der Waals surface area contributed by atoms with E-state index in [2.05, 4.69) is 0 Å². The predicted octanol–water partition coefficient (Wildman–Crippen LogP) is 2.29. The van der Waals surface area contributed by atoms with Crippen LogP contribution in [0.2, 0.25) is 0 Å². The summed E-state index contributed by atoms with van der Waals surface area (Å²) in [6.45, 7) is 0.701. The van der Waals surface area contributed by atoms with E-state index in [9.17, 15) is 4.79 Å². The first-order valence-corrected chi connectivity index (χ1v) is 4.81. The Morgan fingerprint density at radius 2 is 1.93 bits per heavy atom. The molecule has 0 spiro atoms. The molecule has 1 aliphatic rings. The molecule has 0 amide bonds. The Morgan fingerprint density at radius 1 is 1.13 bits per heavy atom. The Bertz CT molecular complexity index is 439. The average molecular weight is 197 g/mol. The van der Waals surface area contributed by atoms with Gasteiger partial charge in [-0.05, 0) is 17.7 Å². The van der Waals surface area contributed by atoms with Crippen molar-refractivity contribution in [2.24, 2.45) is 0 Å². The highest BCUT2D eigenvalue weighted by molar-refractivity contribution is 5.58. The van der Waals surface area contributed by atoms with Gasteiger partial charge >= 0.3 is 0 Å². The number of rotatable bonds is 2. The summed E-state index contributed by atoms with van der Waals surface area (Å²) >= 11 is 0. The lowest BCUT2D eigenvalue weighted by atomic mass is 10.2. The maximum atomic E-state index is 10.7. The van der Waals surface area contributed by atoms with Crippen LogP contribution in [0.5, 0.6) is 0 Å². The van der Waals surface area contributed by atoms with Crippen LogP contribution in [0.4, 0.5) is 0 Å². The van der Waals surface area contributed by atoms with Crippen molar-refractivity contribution in [3.63, 3.8) is 0 Å². The third-order valence-corrected chi connectivity index (χ3v) is 2.24. The van der Waals surface area contributed by atoms with Crippen LogP contribution in [0.25, 0.3) is 0 Å². The fraction of sp³-hybridized carbons (Fsp3) is 0.0769. The first-order valence-electron chi connectivity index (χ1n) is 4.81. The van der Waals surface area contributed by atoms with Gasteiger partial charge in [0.1, 0.15) is 5.70 Å². The van der Waals surface area contributed by atoms with Crippen LogP contribution in [0.3, 0.4) is 0 Å². The molecule has 0 aromatic heterocycles. The molecule has 2 heteroatoms. The van der Waals surface area contributed by atoms with Gasteiger partial charge < -0.3 is 4.90 Å². The zero-order valence-electron chi connectivity index (χ0n) is 8.26. The van der Waals surface area contributed by atoms with E-state index in [4.69, 9.17) is 0 Å². The summed E-state index contributed by atoms with van der Waals surface area (Å²) in [5, 5.41) is 0. The molecule has 0 radical (unpaired) electrons. The highest BCUT2D eigenvalue weighted by atomic mass is 16.1. The van der Waals surface area contributed by atoms with Gasteiger partial charge in [-0.25, -0.2) is 4.79 Å². The number of benzene rings is 1. The molecular formula is C13H11NO. The molecule has 1 aromatic rings. The minimum atomic E-state index is 0.571. The average Bonchev–Trinajstić information content (AvgIpc) is 2.31. The van der Waals surface area contributed by atoms with Crippen LogP contribution in [-0.2, 0) is 11.3 Å². The summed E-state index contributed by atoms with van der Waals surface area (Å²) in [4.78, 5) is 12.5. The first kappa shape index (κ1) is 9.50. The minimum Gasteiger partial charge on any atom is -0.335 e. The first-order chi connectivity index (χ1) is 7.40. The summed E-state index contributed by atoms with van der Waals surface area (Å²) < 4.78 is 0. The summed E-state index contributed by atoms with van der Waals surface area (Å²) in [7, 11) is 0. The fourth-order valence-corrected chi connectivity index (χ4v) is 1.49. The maximum Gasteiger partial charge on any atom is 0.150 e. The monoisotopic (exact) mass is 197 g/mol. The molecule has 2 rings (SSSR count). The number of allylic oxidation sites excluding steroid dienone is 3. The normalized spacial score (nSPS) is 14.1. The zero-order chi connectivity index (χ0) is 10.5. The fourth-order valence-electron chi connectivity index (χ4n) is 1.49. The van der Waals surface area contributed by atoms with Crippen molar-refractivity contribution in [1.29, 1.82) is 0 Å². The van der Waals surface area contributed by atoms with Crippen molar-refractivity contribution in [2.75, 3.05) is 0 Å². The van der Waals surface area contributed by atoms with E-state index in [-0.39, 0.29) is 0 Å². The quantitative estimate of drug-likeness (QED) is 0.678. The van der Waals surface area contributed by atoms with Gasteiger partial charge in [0.15, 0.2) is 5.94 Å². The molecule has 0 saturated carbocycles. The second-order valence-electron chi connectivity index (χ2n) is 3.30. The van der Waals surface area contributed by atoms with Gasteiger partial charge in [0.05, 0.1) is 0 Å². The van der Waals surface area contributed by atoms with Crippen LogP contribution in [0.1, 0.15) is 5.56 Å². The Morgan fingerprint density at radius 3 is 2.67 bits per heavy atom. The molecule has 0 fully saturated rings. The van der Waals surface area contributed by atoms with Crippen LogP contribution < -0.4 is 0 Å². The van der Waals surface area contributed by atoms with E-state index in [1.54, 1.807) is 6.08 Å². The van der Waals surface area contributed by atoms with Crippen molar-refractivity contribution >= 4 is 5.94 Å². The lowest BCUT2D eigenvalue weighted by molar-refractivity contribution is 0.467. The molecule has 0 unspecified atom stereocenters. The smallest absolute Gasteiger partial charge is 0.150 e. The second-order valence-corrected chi connectivity index (χ2v) is 3.30. The molecule has 0 atom stereocenters. The lowest BCUT2D eigenvalue weighted by Gasteiger charge is -2.20. The van der Waals surface area contributed by atoms with Gasteiger partial charge in [0.2, 0.25) is 0 Å². The molecule has 0 aliphatic carbocycles. The highest BCUT2D eigenvalue weighted by Gasteiger charge is 2.07. The number of hydrogen-bond acceptors (Lipinski definition) is 2. The highest BCUT2D eigenvalue weighted by Crippen LogP contribution is 2.13. The van der Waals surface area contributed by atoms with Crippen LogP contribution in [0.15, 0.2) is 60.5 Å². The van der Waals surface area contributed by atoms with Gasteiger partial charge in [-0.3, -0.25) is 0 Å². The Labute approximate surface area is 88.8 Å². The second kappa shape index (κ2) is 4.45. The molecule has 15 heavy (non-hydrogen) atoms. The van der Waals surface area contributed by atoms with Gasteiger partial charge in [0.25, 0.3) is 0 Å². The lowest BCUT2D eigenvalue weighted by Crippen LogP contribution is -2.16. The summed E-state index contributed by atoms with van der Waals surface area (Å²) in [6, 6.07) is 10.0. The van der Waals surface area contributed by atoms with Crippen molar-refractivity contribution in [3.8, 4) is 0 Å². The SMILES string of the molecule is O=C=C1C=CC=CN1Cc1ccccc1. The third kappa shape index (κ3) is 2.25. The van der Waals surface area contributed by atoms with E-state index in [0.717, 1.165) is 0 Å². The Hall–Kier alpha value is -2.05. The van der Waals surface area contributed by atoms with Crippen LogP contribution in [-0.4, -0.2) is 10.8 Å². The summed E-state index contributed by atoms with van der Waals surface area (Å²) in [5.74, 6) is 1.93. The predicted molar refractivity (Wildman–Crippen MR) is 59.5 cm³/mol. The van der Waals surface area contributed by atoms with Crippen LogP contribution >= 0.6 is 0 Å². The number of nitrogens with zero attached hydrogens (tertiary/aromatic N) is 1. The molecule has 1 aromatic carbocycles. The van der Waals surface area contributed by atoms with E-state index in [0.29, 0.717) is 12.2 Å². The molecule has 0 N–H and O–H groups in total. The van der Waals surface area contributed by atoms with E-state index in [1.165, 1.54) is 5.56 Å². The molecular weight excluding hydrogens is 186 g/mol. The standard InChI is InChI=1S/C13H11NO/c15-11-13-8-4-5-9-14(13)10-12-6-2-1-3-7-12/h1-9H,10H2. The van der Waals surface area contributed by atoms with Gasteiger partial charge in [-0.2, -0.15) is 0 Å². The van der Waals surface area contributed by atoms with Crippen molar-refractivity contribution in [1.82, 2.24) is 4.90 Å². The molecule has 2 nitrogen and oxygen atoms in total. The largest absolute Gasteiger partial charge is 0.335 e. The van der Waals surface area contributed by atoms with Gasteiger partial charge in [0, 0.05) is 12.7 Å². The number of hydrogen-bond donors (Lipinski definition) is 0. The molecule has 0 saturated heterocycles. The maximum absolute atomic E-state index is 10.7. The van der Waals surface area contributed by atoms with Crippen molar-refractivity contribution < 1.29 is 4.79 Å². The molecule has 1 aliphatic heterocycles. The van der Waals surface area contributed by atoms with Crippen molar-refractivity contribution in [3.05, 3.63) is 66.0 Å². The topological polar surface area (TPSA) is 20.3 Å². The Kier molecular flexibility index (Phi) is 2.82. The van der Waals surface area contributed by atoms with Gasteiger partial charge in [-0.15, -0.1) is 0 Å². The molecule has 0 bridgehead atoms. The Balaban J connectivity index is 2.16. The summed E-state index contributed by atoms with van der Waals surface area (Å²) in [6.07, 6.45) is 7.38. The van der Waals surface area contributed by atoms with Gasteiger partial charge in [-0.1, -0.05) is 36.4 Å². The van der Waals surface area contributed by atoms with E-state index >= 15 is 0 Å². The minimum absolute atomic E-state index is 0.571. The zero-order valence-corrected chi connectivity index (χ0v) is 8.26.